The molecule has 0 amide bonds. The van der Waals surface area contributed by atoms with Gasteiger partial charge in [0.05, 0.1) is 6.20 Å². The maximum absolute atomic E-state index is 10.8. The third-order valence-corrected chi connectivity index (χ3v) is 4.07. The second kappa shape index (κ2) is 4.82. The number of hydrogen-bond acceptors (Lipinski definition) is 4. The summed E-state index contributed by atoms with van der Waals surface area (Å²) in [4.78, 5) is 17.6. The third kappa shape index (κ3) is 2.19. The van der Waals surface area contributed by atoms with Crippen LogP contribution in [0.25, 0.3) is 0 Å². The van der Waals surface area contributed by atoms with Crippen molar-refractivity contribution in [3.05, 3.63) is 11.1 Å². The number of carbonyl (C=O) groups is 1. The van der Waals surface area contributed by atoms with E-state index in [0.29, 0.717) is 10.9 Å². The monoisotopic (exact) mass is 240 g/mol. The molecule has 2 heterocycles. The molecule has 0 aromatic carbocycles. The minimum absolute atomic E-state index is 0.329. The second-order valence-corrected chi connectivity index (χ2v) is 5.07. The number of carboxylic acids is 1. The summed E-state index contributed by atoms with van der Waals surface area (Å²) in [6.07, 6.45) is 6.20. The molecule has 5 heteroatoms. The summed E-state index contributed by atoms with van der Waals surface area (Å²) >= 11 is 1.28. The molecular formula is C11H16N2O2S. The Hall–Kier alpha value is -1.10. The minimum atomic E-state index is -0.881. The van der Waals surface area contributed by atoms with E-state index in [2.05, 4.69) is 16.8 Å². The summed E-state index contributed by atoms with van der Waals surface area (Å²) in [7, 11) is 0. The first-order valence-corrected chi connectivity index (χ1v) is 6.49. The number of anilines is 1. The molecule has 1 aromatic rings. The number of nitrogens with zero attached hydrogens (tertiary/aromatic N) is 2. The Kier molecular flexibility index (Phi) is 3.43. The molecular weight excluding hydrogens is 224 g/mol. The van der Waals surface area contributed by atoms with E-state index in [1.54, 1.807) is 0 Å². The molecule has 2 rings (SSSR count). The van der Waals surface area contributed by atoms with Crippen molar-refractivity contribution >= 4 is 22.4 Å². The molecule has 0 radical (unpaired) electrons. The Morgan fingerprint density at radius 1 is 1.69 bits per heavy atom. The van der Waals surface area contributed by atoms with E-state index in [4.69, 9.17) is 5.11 Å². The Morgan fingerprint density at radius 2 is 2.50 bits per heavy atom. The predicted octanol–water partition coefficient (Wildman–Crippen LogP) is 2.61. The fraction of sp³-hybridized carbons (Fsp3) is 0.636. The van der Waals surface area contributed by atoms with Crippen molar-refractivity contribution in [3.63, 3.8) is 0 Å². The van der Waals surface area contributed by atoms with Crippen molar-refractivity contribution in [1.82, 2.24) is 4.98 Å². The van der Waals surface area contributed by atoms with E-state index in [-0.39, 0.29) is 0 Å². The smallest absolute Gasteiger partial charge is 0.347 e. The lowest BCUT2D eigenvalue weighted by molar-refractivity contribution is 0.0702. The van der Waals surface area contributed by atoms with Gasteiger partial charge < -0.3 is 10.0 Å². The Labute approximate surface area is 98.9 Å². The number of thiazole rings is 1. The lowest BCUT2D eigenvalue weighted by Gasteiger charge is -2.34. The van der Waals surface area contributed by atoms with Crippen LogP contribution in [0.15, 0.2) is 6.20 Å². The predicted molar refractivity (Wildman–Crippen MR) is 64.3 cm³/mol. The van der Waals surface area contributed by atoms with E-state index >= 15 is 0 Å². The summed E-state index contributed by atoms with van der Waals surface area (Å²) in [6.45, 7) is 3.18. The third-order valence-electron chi connectivity index (χ3n) is 3.05. The van der Waals surface area contributed by atoms with Gasteiger partial charge in [0, 0.05) is 12.6 Å². The van der Waals surface area contributed by atoms with Crippen LogP contribution in [0, 0.1) is 0 Å². The molecule has 1 aromatic heterocycles. The van der Waals surface area contributed by atoms with Crippen molar-refractivity contribution in [2.24, 2.45) is 0 Å². The van der Waals surface area contributed by atoms with Gasteiger partial charge in [-0.25, -0.2) is 9.78 Å². The molecule has 1 saturated heterocycles. The van der Waals surface area contributed by atoms with Crippen molar-refractivity contribution in [2.75, 3.05) is 11.4 Å². The molecule has 16 heavy (non-hydrogen) atoms. The molecule has 1 N–H and O–H groups in total. The van der Waals surface area contributed by atoms with E-state index in [9.17, 15) is 4.79 Å². The second-order valence-electron chi connectivity index (χ2n) is 4.06. The highest BCUT2D eigenvalue weighted by Crippen LogP contribution is 2.29. The van der Waals surface area contributed by atoms with Crippen molar-refractivity contribution in [2.45, 2.75) is 38.6 Å². The van der Waals surface area contributed by atoms with Crippen LogP contribution in [0.5, 0.6) is 0 Å². The van der Waals surface area contributed by atoms with Crippen molar-refractivity contribution in [3.8, 4) is 0 Å². The lowest BCUT2D eigenvalue weighted by Crippen LogP contribution is -2.38. The fourth-order valence-corrected chi connectivity index (χ4v) is 3.03. The Balaban J connectivity index is 2.17. The Bertz CT molecular complexity index is 378. The maximum atomic E-state index is 10.8. The summed E-state index contributed by atoms with van der Waals surface area (Å²) in [6, 6.07) is 0.529. The first-order valence-electron chi connectivity index (χ1n) is 5.68. The quantitative estimate of drug-likeness (QED) is 0.882. The molecule has 1 atom stereocenters. The first-order chi connectivity index (χ1) is 7.72. The van der Waals surface area contributed by atoms with Crippen LogP contribution in [0.2, 0.25) is 0 Å². The minimum Gasteiger partial charge on any atom is -0.477 e. The summed E-state index contributed by atoms with van der Waals surface area (Å²) in [5.41, 5.74) is 0. The fourth-order valence-electron chi connectivity index (χ4n) is 2.17. The van der Waals surface area contributed by atoms with Crippen LogP contribution in [-0.4, -0.2) is 28.6 Å². The molecule has 0 saturated carbocycles. The largest absolute Gasteiger partial charge is 0.477 e. The highest BCUT2D eigenvalue weighted by molar-refractivity contribution is 7.17. The SMILES string of the molecule is CCC1CCCCN1c1ncc(C(=O)O)s1. The molecule has 1 aliphatic heterocycles. The van der Waals surface area contributed by atoms with Gasteiger partial charge in [-0.1, -0.05) is 18.3 Å². The van der Waals surface area contributed by atoms with Crippen LogP contribution in [-0.2, 0) is 0 Å². The van der Waals surface area contributed by atoms with Crippen LogP contribution in [0.1, 0.15) is 42.3 Å². The zero-order chi connectivity index (χ0) is 11.5. The molecule has 0 bridgehead atoms. The Morgan fingerprint density at radius 3 is 3.12 bits per heavy atom. The molecule has 1 unspecified atom stereocenters. The number of piperidine rings is 1. The molecule has 0 spiro atoms. The average molecular weight is 240 g/mol. The average Bonchev–Trinajstić information content (AvgIpc) is 2.78. The van der Waals surface area contributed by atoms with Gasteiger partial charge in [0.15, 0.2) is 5.13 Å². The number of aromatic nitrogens is 1. The summed E-state index contributed by atoms with van der Waals surface area (Å²) < 4.78 is 0. The van der Waals surface area contributed by atoms with E-state index in [1.165, 1.54) is 36.8 Å². The molecule has 1 aliphatic rings. The van der Waals surface area contributed by atoms with Crippen LogP contribution in [0.4, 0.5) is 5.13 Å². The van der Waals surface area contributed by atoms with Crippen LogP contribution in [0.3, 0.4) is 0 Å². The zero-order valence-electron chi connectivity index (χ0n) is 9.35. The van der Waals surface area contributed by atoms with Gasteiger partial charge in [0.1, 0.15) is 4.88 Å². The van der Waals surface area contributed by atoms with Gasteiger partial charge >= 0.3 is 5.97 Å². The molecule has 0 aliphatic carbocycles. The lowest BCUT2D eigenvalue weighted by atomic mass is 10.0. The van der Waals surface area contributed by atoms with Gasteiger partial charge in [-0.3, -0.25) is 0 Å². The number of hydrogen-bond donors (Lipinski definition) is 1. The van der Waals surface area contributed by atoms with Gasteiger partial charge in [0.25, 0.3) is 0 Å². The first kappa shape index (κ1) is 11.4. The number of rotatable bonds is 3. The molecule has 4 nitrogen and oxygen atoms in total. The van der Waals surface area contributed by atoms with Gasteiger partial charge in [-0.05, 0) is 25.7 Å². The van der Waals surface area contributed by atoms with Crippen molar-refractivity contribution < 1.29 is 9.90 Å². The van der Waals surface area contributed by atoms with Crippen LogP contribution < -0.4 is 4.90 Å². The standard InChI is InChI=1S/C11H16N2O2S/c1-2-8-5-3-4-6-13(8)11-12-7-9(16-11)10(14)15/h7-8H,2-6H2,1H3,(H,14,15). The topological polar surface area (TPSA) is 53.4 Å². The molecule has 1 fully saturated rings. The summed E-state index contributed by atoms with van der Waals surface area (Å²) in [5.74, 6) is -0.881. The highest BCUT2D eigenvalue weighted by atomic mass is 32.1. The van der Waals surface area contributed by atoms with E-state index in [1.807, 2.05) is 0 Å². The van der Waals surface area contributed by atoms with E-state index in [0.717, 1.165) is 18.1 Å². The van der Waals surface area contributed by atoms with Gasteiger partial charge in [-0.2, -0.15) is 0 Å². The molecule has 88 valence electrons. The number of aromatic carboxylic acids is 1. The maximum Gasteiger partial charge on any atom is 0.347 e. The normalized spacial score (nSPS) is 21.1. The number of carboxylic acid groups (broad SMARTS) is 1. The zero-order valence-corrected chi connectivity index (χ0v) is 10.2. The van der Waals surface area contributed by atoms with E-state index < -0.39 is 5.97 Å². The van der Waals surface area contributed by atoms with Crippen molar-refractivity contribution in [1.29, 1.82) is 0 Å². The van der Waals surface area contributed by atoms with Crippen LogP contribution >= 0.6 is 11.3 Å². The highest BCUT2D eigenvalue weighted by Gasteiger charge is 2.24. The summed E-state index contributed by atoms with van der Waals surface area (Å²) in [5, 5.41) is 9.74. The van der Waals surface area contributed by atoms with Gasteiger partial charge in [0.2, 0.25) is 0 Å². The van der Waals surface area contributed by atoms with Gasteiger partial charge in [-0.15, -0.1) is 0 Å².